The summed E-state index contributed by atoms with van der Waals surface area (Å²) < 4.78 is 13.3. The van der Waals surface area contributed by atoms with Crippen LogP contribution in [0.5, 0.6) is 0 Å². The van der Waals surface area contributed by atoms with Gasteiger partial charge in [0.1, 0.15) is 11.5 Å². The fourth-order valence-corrected chi connectivity index (χ4v) is 1.68. The van der Waals surface area contributed by atoms with E-state index in [4.69, 9.17) is 0 Å². The monoisotopic (exact) mass is 253 g/mol. The molecule has 1 heterocycles. The first kappa shape index (κ1) is 11.5. The summed E-state index contributed by atoms with van der Waals surface area (Å²) in [6.45, 7) is 0. The molecule has 0 atom stereocenters. The number of carbonyl (C=O) groups excluding carboxylic acids is 1. The van der Waals surface area contributed by atoms with Crippen molar-refractivity contribution in [3.63, 3.8) is 0 Å². The largest absolute Gasteiger partial charge is 0.352 e. The first-order valence-electron chi connectivity index (χ1n) is 4.62. The van der Waals surface area contributed by atoms with Gasteiger partial charge in [0.05, 0.1) is 0 Å². The second kappa shape index (κ2) is 4.89. The van der Waals surface area contributed by atoms with E-state index in [-0.39, 0.29) is 10.8 Å². The molecule has 0 saturated heterocycles. The Labute approximate surface area is 100 Å². The van der Waals surface area contributed by atoms with Gasteiger partial charge in [-0.25, -0.2) is 14.2 Å². The van der Waals surface area contributed by atoms with Crippen molar-refractivity contribution in [2.45, 2.75) is 0 Å². The van der Waals surface area contributed by atoms with E-state index in [1.54, 1.807) is 5.38 Å². The molecule has 0 aliphatic heterocycles. The topological polar surface area (TPSA) is 65.5 Å². The number of hydroxylamine groups is 1. The van der Waals surface area contributed by atoms with Crippen molar-refractivity contribution in [3.8, 4) is 0 Å². The summed E-state index contributed by atoms with van der Waals surface area (Å²) in [6.07, 6.45) is 1.51. The van der Waals surface area contributed by atoms with Crippen molar-refractivity contribution in [1.82, 2.24) is 4.98 Å². The maximum Gasteiger partial charge on any atom is 0.352 e. The van der Waals surface area contributed by atoms with E-state index in [1.807, 2.05) is 0 Å². The van der Waals surface area contributed by atoms with E-state index < -0.39 is 11.8 Å². The van der Waals surface area contributed by atoms with Crippen LogP contribution in [0.1, 0.15) is 0 Å². The fraction of sp³-hybridized carbons (Fsp3) is 0. The molecule has 1 aromatic carbocycles. The second-order valence-corrected chi connectivity index (χ2v) is 3.93. The number of aromatic nitrogens is 1. The molecule has 0 saturated carbocycles. The van der Waals surface area contributed by atoms with Crippen molar-refractivity contribution >= 4 is 28.2 Å². The maximum absolute atomic E-state index is 13.3. The predicted molar refractivity (Wildman–Crippen MR) is 61.8 cm³/mol. The van der Waals surface area contributed by atoms with Crippen molar-refractivity contribution < 1.29 is 14.4 Å². The lowest BCUT2D eigenvalue weighted by atomic mass is 10.3. The number of thiazole rings is 1. The summed E-state index contributed by atoms with van der Waals surface area (Å²) in [4.78, 5) is 15.3. The van der Waals surface area contributed by atoms with Crippen molar-refractivity contribution in [2.24, 2.45) is 0 Å². The summed E-state index contributed by atoms with van der Waals surface area (Å²) in [6, 6.07) is 4.54. The Balaban J connectivity index is 2.12. The van der Waals surface area contributed by atoms with Gasteiger partial charge >= 0.3 is 6.03 Å². The normalized spacial score (nSPS) is 10.0. The second-order valence-electron chi connectivity index (χ2n) is 3.03. The number of halogens is 1. The van der Waals surface area contributed by atoms with Crippen molar-refractivity contribution in [1.29, 1.82) is 0 Å². The standard InChI is InChI=1S/C10H8FN3O2S/c11-7-3-1-2-4-8(7)14(16)10(15)13-9-12-5-6-17-9/h1-6,16H,(H,12,13,15). The number of hydrogen-bond acceptors (Lipinski definition) is 4. The van der Waals surface area contributed by atoms with Gasteiger partial charge in [0.25, 0.3) is 0 Å². The zero-order chi connectivity index (χ0) is 12.3. The highest BCUT2D eigenvalue weighted by molar-refractivity contribution is 7.13. The number of rotatable bonds is 2. The van der Waals surface area contributed by atoms with Crippen LogP contribution in [-0.4, -0.2) is 16.2 Å². The van der Waals surface area contributed by atoms with Gasteiger partial charge < -0.3 is 0 Å². The number of anilines is 2. The smallest absolute Gasteiger partial charge is 0.281 e. The van der Waals surface area contributed by atoms with Gasteiger partial charge in [-0.2, -0.15) is 5.06 Å². The van der Waals surface area contributed by atoms with Gasteiger partial charge in [-0.3, -0.25) is 10.5 Å². The van der Waals surface area contributed by atoms with Crippen molar-refractivity contribution in [2.75, 3.05) is 10.4 Å². The molecule has 1 aromatic heterocycles. The lowest BCUT2D eigenvalue weighted by Crippen LogP contribution is -2.32. The van der Waals surface area contributed by atoms with E-state index in [0.29, 0.717) is 5.13 Å². The predicted octanol–water partition coefficient (Wildman–Crippen LogP) is 2.71. The number of para-hydroxylation sites is 1. The lowest BCUT2D eigenvalue weighted by Gasteiger charge is -2.15. The van der Waals surface area contributed by atoms with Crippen LogP contribution in [0.4, 0.5) is 20.0 Å². The molecule has 2 rings (SSSR count). The molecule has 0 radical (unpaired) electrons. The molecule has 2 amide bonds. The van der Waals surface area contributed by atoms with Crippen LogP contribution >= 0.6 is 11.3 Å². The average molecular weight is 253 g/mol. The molecule has 0 spiro atoms. The molecule has 0 unspecified atom stereocenters. The number of nitrogens with one attached hydrogen (secondary N) is 1. The fourth-order valence-electron chi connectivity index (χ4n) is 1.16. The van der Waals surface area contributed by atoms with Gasteiger partial charge in [-0.15, -0.1) is 11.3 Å². The first-order valence-corrected chi connectivity index (χ1v) is 5.50. The summed E-state index contributed by atoms with van der Waals surface area (Å²) in [5.74, 6) is -0.690. The third kappa shape index (κ3) is 2.58. The lowest BCUT2D eigenvalue weighted by molar-refractivity contribution is 0.214. The van der Waals surface area contributed by atoms with E-state index in [1.165, 1.54) is 35.7 Å². The van der Waals surface area contributed by atoms with E-state index in [0.717, 1.165) is 6.07 Å². The zero-order valence-electron chi connectivity index (χ0n) is 8.50. The number of benzene rings is 1. The molecule has 2 aromatic rings. The van der Waals surface area contributed by atoms with Gasteiger partial charge in [0.15, 0.2) is 5.13 Å². The summed E-state index contributed by atoms with van der Waals surface area (Å²) >= 11 is 1.19. The SMILES string of the molecule is O=C(Nc1nccs1)N(O)c1ccccc1F. The highest BCUT2D eigenvalue weighted by Gasteiger charge is 2.17. The maximum atomic E-state index is 13.3. The third-order valence-corrected chi connectivity index (χ3v) is 2.61. The van der Waals surface area contributed by atoms with Crippen LogP contribution < -0.4 is 10.4 Å². The Morgan fingerprint density at radius 3 is 2.88 bits per heavy atom. The molecule has 88 valence electrons. The summed E-state index contributed by atoms with van der Waals surface area (Å²) in [5.41, 5.74) is -0.221. The minimum Gasteiger partial charge on any atom is -0.281 e. The van der Waals surface area contributed by atoms with Gasteiger partial charge in [0, 0.05) is 11.6 Å². The Morgan fingerprint density at radius 1 is 1.47 bits per heavy atom. The van der Waals surface area contributed by atoms with Crippen LogP contribution in [0.15, 0.2) is 35.8 Å². The molecule has 0 aliphatic carbocycles. The molecule has 0 bridgehead atoms. The highest BCUT2D eigenvalue weighted by Crippen LogP contribution is 2.18. The first-order chi connectivity index (χ1) is 8.18. The van der Waals surface area contributed by atoms with E-state index in [2.05, 4.69) is 10.3 Å². The van der Waals surface area contributed by atoms with E-state index in [9.17, 15) is 14.4 Å². The van der Waals surface area contributed by atoms with Crippen molar-refractivity contribution in [3.05, 3.63) is 41.7 Å². The summed E-state index contributed by atoms with van der Waals surface area (Å²) in [7, 11) is 0. The number of urea groups is 1. The quantitative estimate of drug-likeness (QED) is 0.638. The molecule has 5 nitrogen and oxygen atoms in total. The number of nitrogens with zero attached hydrogens (tertiary/aromatic N) is 2. The van der Waals surface area contributed by atoms with Gasteiger partial charge in [-0.1, -0.05) is 12.1 Å². The number of amides is 2. The highest BCUT2D eigenvalue weighted by atomic mass is 32.1. The van der Waals surface area contributed by atoms with Crippen LogP contribution in [0.3, 0.4) is 0 Å². The Hall–Kier alpha value is -1.99. The molecule has 17 heavy (non-hydrogen) atoms. The van der Waals surface area contributed by atoms with Gasteiger partial charge in [-0.05, 0) is 12.1 Å². The molecular weight excluding hydrogens is 245 g/mol. The number of carbonyl (C=O) groups is 1. The molecular formula is C10H8FN3O2S. The number of hydrogen-bond donors (Lipinski definition) is 2. The van der Waals surface area contributed by atoms with Crippen LogP contribution in [-0.2, 0) is 0 Å². The average Bonchev–Trinajstić information content (AvgIpc) is 2.81. The molecule has 7 heteroatoms. The Morgan fingerprint density at radius 2 is 2.24 bits per heavy atom. The molecule has 2 N–H and O–H groups in total. The zero-order valence-corrected chi connectivity index (χ0v) is 9.32. The molecule has 0 fully saturated rings. The van der Waals surface area contributed by atoms with E-state index >= 15 is 0 Å². The minimum absolute atomic E-state index is 0.205. The summed E-state index contributed by atoms with van der Waals surface area (Å²) in [5, 5.41) is 14.0. The van der Waals surface area contributed by atoms with Crippen LogP contribution in [0.25, 0.3) is 0 Å². The van der Waals surface area contributed by atoms with Crippen LogP contribution in [0.2, 0.25) is 0 Å². The third-order valence-electron chi connectivity index (χ3n) is 1.92. The molecule has 0 aliphatic rings. The van der Waals surface area contributed by atoms with Crippen LogP contribution in [0, 0.1) is 5.82 Å². The Bertz CT molecular complexity index is 518. The van der Waals surface area contributed by atoms with Gasteiger partial charge in [0.2, 0.25) is 0 Å². The Kier molecular flexibility index (Phi) is 3.31. The minimum atomic E-state index is -0.870.